The van der Waals surface area contributed by atoms with E-state index in [1.807, 2.05) is 0 Å². The highest BCUT2D eigenvalue weighted by Crippen LogP contribution is 2.30. The van der Waals surface area contributed by atoms with E-state index in [4.69, 9.17) is 16.3 Å². The lowest BCUT2D eigenvalue weighted by Gasteiger charge is -2.20. The number of nitrogens with one attached hydrogen (secondary N) is 2. The van der Waals surface area contributed by atoms with Gasteiger partial charge in [-0.2, -0.15) is 0 Å². The number of hydrogen-bond acceptors (Lipinski definition) is 5. The van der Waals surface area contributed by atoms with Gasteiger partial charge in [-0.15, -0.1) is 0 Å². The first-order valence-electron chi connectivity index (χ1n) is 7.63. The minimum atomic E-state index is -0.0761. The third-order valence-electron chi connectivity index (χ3n) is 4.34. The Kier molecular flexibility index (Phi) is 3.97. The highest BCUT2D eigenvalue weighted by molar-refractivity contribution is 7.15. The number of rotatable bonds is 4. The largest absolute Gasteiger partial charge is 0.431 e. The van der Waals surface area contributed by atoms with Gasteiger partial charge in [-0.3, -0.25) is 4.79 Å². The van der Waals surface area contributed by atoms with E-state index >= 15 is 0 Å². The zero-order valence-electron chi connectivity index (χ0n) is 12.3. The Bertz CT molecular complexity index is 718. The summed E-state index contributed by atoms with van der Waals surface area (Å²) in [6, 6.07) is 8.25. The Morgan fingerprint density at radius 2 is 2.17 bits per heavy atom. The number of nitrogens with zero attached hydrogens (tertiary/aromatic N) is 1. The molecule has 5 nitrogen and oxygen atoms in total. The van der Waals surface area contributed by atoms with E-state index in [0.717, 1.165) is 12.8 Å². The molecule has 2 aliphatic heterocycles. The van der Waals surface area contributed by atoms with Crippen molar-refractivity contribution >= 4 is 28.8 Å². The Morgan fingerprint density at radius 1 is 1.35 bits per heavy atom. The maximum atomic E-state index is 12.3. The summed E-state index contributed by atoms with van der Waals surface area (Å²) in [5, 5.41) is 7.72. The zero-order valence-corrected chi connectivity index (χ0v) is 13.9. The minimum absolute atomic E-state index is 0.0761. The van der Waals surface area contributed by atoms with Crippen molar-refractivity contribution in [3.63, 3.8) is 0 Å². The second-order valence-electron chi connectivity index (χ2n) is 5.91. The lowest BCUT2D eigenvalue weighted by molar-refractivity contribution is 0.0935. The summed E-state index contributed by atoms with van der Waals surface area (Å²) in [5.74, 6) is 0.570. The number of carbonyl (C=O) groups excluding carboxylic acids is 1. The van der Waals surface area contributed by atoms with Crippen LogP contribution in [-0.2, 0) is 0 Å². The summed E-state index contributed by atoms with van der Waals surface area (Å²) in [6.45, 7) is 0. The highest BCUT2D eigenvalue weighted by Gasteiger charge is 2.39. The number of ether oxygens (including phenoxy) is 1. The molecule has 1 aromatic heterocycles. The number of benzene rings is 1. The van der Waals surface area contributed by atoms with E-state index in [9.17, 15) is 4.79 Å². The zero-order chi connectivity index (χ0) is 15.8. The Labute approximate surface area is 143 Å². The van der Waals surface area contributed by atoms with Gasteiger partial charge in [0.2, 0.25) is 0 Å². The van der Waals surface area contributed by atoms with E-state index in [1.165, 1.54) is 17.8 Å². The van der Waals surface area contributed by atoms with E-state index in [-0.39, 0.29) is 11.9 Å². The van der Waals surface area contributed by atoms with Gasteiger partial charge < -0.3 is 15.4 Å². The maximum absolute atomic E-state index is 12.3. The van der Waals surface area contributed by atoms with Gasteiger partial charge in [0.25, 0.3) is 11.1 Å². The molecule has 4 rings (SSSR count). The van der Waals surface area contributed by atoms with Crippen LogP contribution in [0, 0.1) is 0 Å². The van der Waals surface area contributed by atoms with Gasteiger partial charge in [0.05, 0.1) is 6.20 Å². The minimum Gasteiger partial charge on any atom is -0.431 e. The van der Waals surface area contributed by atoms with Gasteiger partial charge in [0, 0.05) is 23.1 Å². The summed E-state index contributed by atoms with van der Waals surface area (Å²) in [7, 11) is 0. The first-order valence-corrected chi connectivity index (χ1v) is 8.83. The third-order valence-corrected chi connectivity index (χ3v) is 5.47. The Morgan fingerprint density at radius 3 is 2.87 bits per heavy atom. The quantitative estimate of drug-likeness (QED) is 0.889. The predicted octanol–water partition coefficient (Wildman–Crippen LogP) is 3.21. The number of hydrogen-bond donors (Lipinski definition) is 2. The molecular formula is C16H16ClN3O2S. The smallest absolute Gasteiger partial charge is 0.279 e. The molecule has 0 aliphatic carbocycles. The molecular weight excluding hydrogens is 334 g/mol. The molecule has 0 spiro atoms. The van der Waals surface area contributed by atoms with Gasteiger partial charge in [-0.25, -0.2) is 4.98 Å². The highest BCUT2D eigenvalue weighted by atomic mass is 35.5. The standard InChI is InChI=1S/C16H16ClN3O2S/c17-9-1-4-11(5-2-9)22-16-18-8-14(23-16)15(21)20-13-7-10-3-6-12(13)19-10/h1-2,4-5,8,10,12-13,19H,3,6-7H2,(H,20,21)/t10-,12+,13-/m1/s1. The molecule has 0 unspecified atom stereocenters. The van der Waals surface area contributed by atoms with Crippen LogP contribution in [0.5, 0.6) is 10.9 Å². The second kappa shape index (κ2) is 6.11. The monoisotopic (exact) mass is 349 g/mol. The Balaban J connectivity index is 1.39. The second-order valence-corrected chi connectivity index (χ2v) is 7.34. The summed E-state index contributed by atoms with van der Waals surface area (Å²) < 4.78 is 5.64. The predicted molar refractivity (Wildman–Crippen MR) is 89.5 cm³/mol. The average Bonchev–Trinajstić information content (AvgIpc) is 3.26. The van der Waals surface area contributed by atoms with Crippen molar-refractivity contribution in [1.29, 1.82) is 0 Å². The van der Waals surface area contributed by atoms with Crippen LogP contribution in [0.2, 0.25) is 5.02 Å². The van der Waals surface area contributed by atoms with Gasteiger partial charge in [0.15, 0.2) is 0 Å². The fraction of sp³-hybridized carbons (Fsp3) is 0.375. The molecule has 0 radical (unpaired) electrons. The van der Waals surface area contributed by atoms with E-state index in [2.05, 4.69) is 15.6 Å². The van der Waals surface area contributed by atoms with Gasteiger partial charge in [-0.05, 0) is 43.5 Å². The fourth-order valence-electron chi connectivity index (χ4n) is 3.24. The molecule has 2 aliphatic rings. The van der Waals surface area contributed by atoms with Gasteiger partial charge in [0.1, 0.15) is 10.6 Å². The molecule has 2 bridgehead atoms. The molecule has 7 heteroatoms. The molecule has 3 heterocycles. The van der Waals surface area contributed by atoms with Crippen LogP contribution in [0.3, 0.4) is 0 Å². The van der Waals surface area contributed by atoms with Crippen molar-refractivity contribution in [3.05, 3.63) is 40.4 Å². The van der Waals surface area contributed by atoms with Crippen LogP contribution < -0.4 is 15.4 Å². The molecule has 1 amide bonds. The lowest BCUT2D eigenvalue weighted by Crippen LogP contribution is -2.42. The number of halogens is 1. The summed E-state index contributed by atoms with van der Waals surface area (Å²) in [5.41, 5.74) is 0. The summed E-state index contributed by atoms with van der Waals surface area (Å²) in [4.78, 5) is 17.1. The molecule has 2 aromatic rings. The number of carbonyl (C=O) groups is 1. The third kappa shape index (κ3) is 3.20. The molecule has 2 N–H and O–H groups in total. The van der Waals surface area contributed by atoms with Crippen LogP contribution in [0.15, 0.2) is 30.5 Å². The first-order chi connectivity index (χ1) is 11.2. The maximum Gasteiger partial charge on any atom is 0.279 e. The van der Waals surface area contributed by atoms with Crippen molar-refractivity contribution in [3.8, 4) is 10.9 Å². The Hall–Kier alpha value is -1.63. The lowest BCUT2D eigenvalue weighted by atomic mass is 9.95. The summed E-state index contributed by atoms with van der Waals surface area (Å²) >= 11 is 7.09. The number of fused-ring (bicyclic) bond motifs is 2. The van der Waals surface area contributed by atoms with E-state index in [1.54, 1.807) is 30.5 Å². The van der Waals surface area contributed by atoms with Crippen LogP contribution in [0.25, 0.3) is 0 Å². The average molecular weight is 350 g/mol. The van der Waals surface area contributed by atoms with Crippen molar-refractivity contribution in [2.75, 3.05) is 0 Å². The van der Waals surface area contributed by atoms with Gasteiger partial charge >= 0.3 is 0 Å². The number of aromatic nitrogens is 1. The van der Waals surface area contributed by atoms with Crippen molar-refractivity contribution in [2.24, 2.45) is 0 Å². The molecule has 1 aromatic carbocycles. The molecule has 3 atom stereocenters. The van der Waals surface area contributed by atoms with E-state index < -0.39 is 0 Å². The van der Waals surface area contributed by atoms with Gasteiger partial charge in [-0.1, -0.05) is 22.9 Å². The van der Waals surface area contributed by atoms with Crippen molar-refractivity contribution < 1.29 is 9.53 Å². The van der Waals surface area contributed by atoms with Crippen molar-refractivity contribution in [1.82, 2.24) is 15.6 Å². The van der Waals surface area contributed by atoms with Crippen LogP contribution in [0.4, 0.5) is 0 Å². The number of amides is 1. The molecule has 120 valence electrons. The molecule has 23 heavy (non-hydrogen) atoms. The van der Waals surface area contributed by atoms with Crippen LogP contribution in [0.1, 0.15) is 28.9 Å². The fourth-order valence-corrected chi connectivity index (χ4v) is 4.05. The van der Waals surface area contributed by atoms with E-state index in [0.29, 0.717) is 32.9 Å². The topological polar surface area (TPSA) is 63.2 Å². The van der Waals surface area contributed by atoms with Crippen LogP contribution >= 0.6 is 22.9 Å². The van der Waals surface area contributed by atoms with Crippen molar-refractivity contribution in [2.45, 2.75) is 37.4 Å². The first kappa shape index (κ1) is 14.9. The normalized spacial score (nSPS) is 25.5. The number of thiazole rings is 1. The SMILES string of the molecule is O=C(N[C@@H]1C[C@H]2CC[C@@H]1N2)c1cnc(Oc2ccc(Cl)cc2)s1. The molecule has 2 saturated heterocycles. The molecule has 0 saturated carbocycles. The van der Waals surface area contributed by atoms with Crippen LogP contribution in [-0.4, -0.2) is 29.0 Å². The summed E-state index contributed by atoms with van der Waals surface area (Å²) in [6.07, 6.45) is 4.94. The molecule has 2 fully saturated rings.